The Kier molecular flexibility index (Phi) is 5.28. The summed E-state index contributed by atoms with van der Waals surface area (Å²) in [5, 5.41) is 4.40. The van der Waals surface area contributed by atoms with Crippen molar-refractivity contribution in [2.45, 2.75) is 31.1 Å². The molecule has 0 N–H and O–H groups in total. The molecule has 0 bridgehead atoms. The molecule has 1 amide bonds. The van der Waals surface area contributed by atoms with Crippen molar-refractivity contribution in [2.75, 3.05) is 32.7 Å². The lowest BCUT2D eigenvalue weighted by molar-refractivity contribution is -0.144. The lowest BCUT2D eigenvalue weighted by Gasteiger charge is -2.35. The predicted molar refractivity (Wildman–Crippen MR) is 96.6 cm³/mol. The Balaban J connectivity index is 1.44. The zero-order valence-corrected chi connectivity index (χ0v) is 15.6. The molecule has 1 saturated carbocycles. The molecule has 0 atom stereocenters. The SMILES string of the molecule is O=C(c1nc(C2CC2)n(-c2ccccc2)n1)N1CCN(CC(F)(F)C(F)F)CC1. The predicted octanol–water partition coefficient (Wildman–Crippen LogP) is 2.80. The number of benzene rings is 1. The van der Waals surface area contributed by atoms with Crippen LogP contribution in [0.2, 0.25) is 0 Å². The van der Waals surface area contributed by atoms with Gasteiger partial charge in [-0.1, -0.05) is 18.2 Å². The van der Waals surface area contributed by atoms with Crippen LogP contribution >= 0.6 is 0 Å². The molecule has 2 aliphatic rings. The molecule has 10 heteroatoms. The number of nitrogens with zero attached hydrogens (tertiary/aromatic N) is 5. The molecule has 1 aliphatic carbocycles. The summed E-state index contributed by atoms with van der Waals surface area (Å²) in [5.41, 5.74) is 0.819. The van der Waals surface area contributed by atoms with Gasteiger partial charge in [0.2, 0.25) is 5.82 Å². The minimum atomic E-state index is -4.05. The maximum absolute atomic E-state index is 13.2. The molecule has 6 nitrogen and oxygen atoms in total. The van der Waals surface area contributed by atoms with Crippen molar-refractivity contribution >= 4 is 5.91 Å². The number of hydrogen-bond donors (Lipinski definition) is 0. The van der Waals surface area contributed by atoms with E-state index in [1.54, 1.807) is 4.68 Å². The third-order valence-electron chi connectivity index (χ3n) is 5.18. The van der Waals surface area contributed by atoms with Gasteiger partial charge in [0.25, 0.3) is 5.91 Å². The van der Waals surface area contributed by atoms with Gasteiger partial charge in [-0.05, 0) is 25.0 Å². The standard InChI is InChI=1S/C19H21F4N5O/c20-18(21)19(22,23)12-26-8-10-27(11-9-26)17(29)15-24-16(13-6-7-13)28(25-15)14-4-2-1-3-5-14/h1-5,13,18H,6-12H2. The smallest absolute Gasteiger partial charge is 0.319 e. The van der Waals surface area contributed by atoms with Crippen LogP contribution in [0.3, 0.4) is 0 Å². The molecule has 2 aromatic rings. The number of halogens is 4. The first-order valence-corrected chi connectivity index (χ1v) is 9.55. The number of hydrogen-bond acceptors (Lipinski definition) is 4. The van der Waals surface area contributed by atoms with E-state index in [1.807, 2.05) is 30.3 Å². The van der Waals surface area contributed by atoms with E-state index in [-0.39, 0.29) is 43.8 Å². The monoisotopic (exact) mass is 411 g/mol. The number of aromatic nitrogens is 3. The number of amides is 1. The first kappa shape index (κ1) is 19.8. The van der Waals surface area contributed by atoms with E-state index in [4.69, 9.17) is 0 Å². The number of rotatable bonds is 6. The second-order valence-corrected chi connectivity index (χ2v) is 7.45. The molecular weight excluding hydrogens is 390 g/mol. The van der Waals surface area contributed by atoms with Gasteiger partial charge in [0.05, 0.1) is 12.2 Å². The molecule has 1 aromatic heterocycles. The number of alkyl halides is 4. The van der Waals surface area contributed by atoms with Crippen LogP contribution in [0.1, 0.15) is 35.2 Å². The van der Waals surface area contributed by atoms with Crippen molar-refractivity contribution in [3.8, 4) is 5.69 Å². The van der Waals surface area contributed by atoms with Gasteiger partial charge in [0, 0.05) is 32.1 Å². The normalized spacial score (nSPS) is 18.4. The van der Waals surface area contributed by atoms with Gasteiger partial charge in [0.1, 0.15) is 5.82 Å². The summed E-state index contributed by atoms with van der Waals surface area (Å²) in [5.74, 6) is -3.34. The van der Waals surface area contributed by atoms with Crippen molar-refractivity contribution in [2.24, 2.45) is 0 Å². The topological polar surface area (TPSA) is 54.3 Å². The fraction of sp³-hybridized carbons (Fsp3) is 0.526. The summed E-state index contributed by atoms with van der Waals surface area (Å²) >= 11 is 0. The molecule has 2 heterocycles. The molecule has 2 fully saturated rings. The fourth-order valence-corrected chi connectivity index (χ4v) is 3.40. The Morgan fingerprint density at radius 3 is 2.34 bits per heavy atom. The van der Waals surface area contributed by atoms with Gasteiger partial charge in [-0.3, -0.25) is 9.69 Å². The van der Waals surface area contributed by atoms with Crippen molar-refractivity contribution < 1.29 is 22.4 Å². The van der Waals surface area contributed by atoms with Crippen molar-refractivity contribution in [1.82, 2.24) is 24.6 Å². The Hall–Kier alpha value is -2.49. The Morgan fingerprint density at radius 2 is 1.76 bits per heavy atom. The van der Waals surface area contributed by atoms with Crippen LogP contribution in [-0.4, -0.2) is 75.5 Å². The molecule has 0 radical (unpaired) electrons. The lowest BCUT2D eigenvalue weighted by atomic mass is 10.2. The molecule has 156 valence electrons. The maximum Gasteiger partial charge on any atom is 0.319 e. The number of para-hydroxylation sites is 1. The Bertz CT molecular complexity index is 861. The van der Waals surface area contributed by atoms with Crippen LogP contribution in [0.15, 0.2) is 30.3 Å². The minimum Gasteiger partial charge on any atom is -0.333 e. The van der Waals surface area contributed by atoms with E-state index < -0.39 is 18.9 Å². The van der Waals surface area contributed by atoms with Crippen LogP contribution in [0.25, 0.3) is 5.69 Å². The zero-order valence-electron chi connectivity index (χ0n) is 15.6. The fourth-order valence-electron chi connectivity index (χ4n) is 3.40. The molecule has 1 aliphatic heterocycles. The third-order valence-corrected chi connectivity index (χ3v) is 5.18. The summed E-state index contributed by atoms with van der Waals surface area (Å²) in [4.78, 5) is 20.0. The molecule has 0 unspecified atom stereocenters. The Morgan fingerprint density at radius 1 is 1.10 bits per heavy atom. The van der Waals surface area contributed by atoms with Gasteiger partial charge in [-0.2, -0.15) is 8.78 Å². The van der Waals surface area contributed by atoms with Gasteiger partial charge in [-0.25, -0.2) is 18.4 Å². The van der Waals surface area contributed by atoms with Crippen LogP contribution in [0.5, 0.6) is 0 Å². The number of carbonyl (C=O) groups excluding carboxylic acids is 1. The van der Waals surface area contributed by atoms with Gasteiger partial charge >= 0.3 is 12.3 Å². The molecular formula is C19H21F4N5O. The summed E-state index contributed by atoms with van der Waals surface area (Å²) in [7, 11) is 0. The highest BCUT2D eigenvalue weighted by Crippen LogP contribution is 2.39. The average Bonchev–Trinajstić information content (AvgIpc) is 3.46. The second kappa shape index (κ2) is 7.74. The summed E-state index contributed by atoms with van der Waals surface area (Å²) in [6.45, 7) is -0.487. The van der Waals surface area contributed by atoms with Gasteiger partial charge in [-0.15, -0.1) is 5.10 Å². The van der Waals surface area contributed by atoms with E-state index in [0.29, 0.717) is 0 Å². The van der Waals surface area contributed by atoms with Gasteiger partial charge in [0.15, 0.2) is 0 Å². The summed E-state index contributed by atoms with van der Waals surface area (Å²) < 4.78 is 52.9. The van der Waals surface area contributed by atoms with E-state index >= 15 is 0 Å². The summed E-state index contributed by atoms with van der Waals surface area (Å²) in [6.07, 6.45) is -1.71. The van der Waals surface area contributed by atoms with E-state index in [2.05, 4.69) is 10.1 Å². The van der Waals surface area contributed by atoms with E-state index in [0.717, 1.165) is 24.4 Å². The number of carbonyl (C=O) groups is 1. The van der Waals surface area contributed by atoms with Crippen LogP contribution in [0.4, 0.5) is 17.6 Å². The minimum absolute atomic E-state index is 0.0714. The number of piperazine rings is 1. The van der Waals surface area contributed by atoms with Crippen molar-refractivity contribution in [3.63, 3.8) is 0 Å². The van der Waals surface area contributed by atoms with Crippen LogP contribution in [-0.2, 0) is 0 Å². The molecule has 29 heavy (non-hydrogen) atoms. The largest absolute Gasteiger partial charge is 0.333 e. The van der Waals surface area contributed by atoms with E-state index in [1.165, 1.54) is 9.80 Å². The highest BCUT2D eigenvalue weighted by molar-refractivity contribution is 5.90. The van der Waals surface area contributed by atoms with Crippen molar-refractivity contribution in [3.05, 3.63) is 42.0 Å². The average molecular weight is 411 g/mol. The molecule has 1 aromatic carbocycles. The lowest BCUT2D eigenvalue weighted by Crippen LogP contribution is -2.52. The first-order valence-electron chi connectivity index (χ1n) is 9.55. The van der Waals surface area contributed by atoms with Crippen molar-refractivity contribution in [1.29, 1.82) is 0 Å². The van der Waals surface area contributed by atoms with Crippen LogP contribution < -0.4 is 0 Å². The van der Waals surface area contributed by atoms with Gasteiger partial charge < -0.3 is 4.90 Å². The quantitative estimate of drug-likeness (QED) is 0.686. The zero-order chi connectivity index (χ0) is 20.6. The second-order valence-electron chi connectivity index (χ2n) is 7.45. The highest BCUT2D eigenvalue weighted by atomic mass is 19.3. The molecule has 1 saturated heterocycles. The van der Waals surface area contributed by atoms with E-state index in [9.17, 15) is 22.4 Å². The molecule has 0 spiro atoms. The Labute approximate surface area is 165 Å². The molecule has 4 rings (SSSR count). The third kappa shape index (κ3) is 4.26. The maximum atomic E-state index is 13.2. The van der Waals surface area contributed by atoms with Crippen LogP contribution in [0, 0.1) is 0 Å². The first-order chi connectivity index (χ1) is 13.8. The highest BCUT2D eigenvalue weighted by Gasteiger charge is 2.43. The summed E-state index contributed by atoms with van der Waals surface area (Å²) in [6, 6.07) is 9.42.